The fourth-order valence-electron chi connectivity index (χ4n) is 2.35. The summed E-state index contributed by atoms with van der Waals surface area (Å²) in [6.07, 6.45) is 0.780. The van der Waals surface area contributed by atoms with E-state index >= 15 is 0 Å². The van der Waals surface area contributed by atoms with E-state index in [2.05, 4.69) is 26.6 Å². The minimum atomic E-state index is -0.140. The Hall–Kier alpha value is -1.92. The number of amides is 1. The van der Waals surface area contributed by atoms with Gasteiger partial charge in [-0.25, -0.2) is 0 Å². The van der Waals surface area contributed by atoms with Gasteiger partial charge in [-0.2, -0.15) is 0 Å². The molecule has 2 aromatic rings. The fourth-order valence-corrected chi connectivity index (χ4v) is 2.86. The second kappa shape index (κ2) is 7.57. The Morgan fingerprint density at radius 1 is 1.26 bits per heavy atom. The van der Waals surface area contributed by atoms with E-state index in [1.165, 1.54) is 0 Å². The van der Waals surface area contributed by atoms with Gasteiger partial charge in [0.05, 0.1) is 0 Å². The highest BCUT2D eigenvalue weighted by atomic mass is 79.9. The molecule has 0 fully saturated rings. The smallest absolute Gasteiger partial charge is 0.255 e. The normalized spacial score (nSPS) is 10.2. The summed E-state index contributed by atoms with van der Waals surface area (Å²) in [4.78, 5) is 12.5. The highest BCUT2D eigenvalue weighted by Gasteiger charge is 2.12. The molecule has 0 aliphatic heterocycles. The third-order valence-corrected chi connectivity index (χ3v) is 3.99. The van der Waals surface area contributed by atoms with Gasteiger partial charge >= 0.3 is 0 Å². The van der Waals surface area contributed by atoms with E-state index in [1.807, 2.05) is 38.1 Å². The maximum Gasteiger partial charge on any atom is 0.255 e. The zero-order chi connectivity index (χ0) is 17.0. The number of rotatable bonds is 4. The van der Waals surface area contributed by atoms with Crippen molar-refractivity contribution < 1.29 is 4.79 Å². The maximum absolute atomic E-state index is 12.5. The summed E-state index contributed by atoms with van der Waals surface area (Å²) >= 11 is 8.25. The molecular weight excluding hydrogens is 374 g/mol. The van der Waals surface area contributed by atoms with Gasteiger partial charge in [0.25, 0.3) is 5.91 Å². The topological polar surface area (TPSA) is 67.2 Å². The number of benzene rings is 2. The number of hydrogen-bond donors (Lipinski definition) is 3. The molecule has 0 bridgehead atoms. The quantitative estimate of drug-likeness (QED) is 0.682. The van der Waals surface area contributed by atoms with Crippen molar-refractivity contribution >= 4 is 50.5 Å². The molecule has 2 rings (SSSR count). The number of anilines is 2. The van der Waals surface area contributed by atoms with E-state index in [0.717, 1.165) is 33.4 Å². The van der Waals surface area contributed by atoms with E-state index in [1.54, 1.807) is 12.1 Å². The molecule has 120 valence electrons. The van der Waals surface area contributed by atoms with Crippen molar-refractivity contribution in [2.45, 2.75) is 20.3 Å². The van der Waals surface area contributed by atoms with Crippen LogP contribution < -0.4 is 16.4 Å². The summed E-state index contributed by atoms with van der Waals surface area (Å²) in [5.41, 5.74) is 9.75. The zero-order valence-electron chi connectivity index (χ0n) is 12.9. The van der Waals surface area contributed by atoms with E-state index < -0.39 is 0 Å². The highest BCUT2D eigenvalue weighted by molar-refractivity contribution is 9.10. The van der Waals surface area contributed by atoms with Crippen molar-refractivity contribution in [3.8, 4) is 0 Å². The zero-order valence-corrected chi connectivity index (χ0v) is 15.3. The van der Waals surface area contributed by atoms with Crippen molar-refractivity contribution in [3.63, 3.8) is 0 Å². The van der Waals surface area contributed by atoms with Crippen LogP contribution >= 0.6 is 28.1 Å². The lowest BCUT2D eigenvalue weighted by Crippen LogP contribution is -2.19. The molecule has 1 amide bonds. The maximum atomic E-state index is 12.5. The number of nitrogens with one attached hydrogen (secondary N) is 2. The van der Waals surface area contributed by atoms with Crippen LogP contribution in [0.4, 0.5) is 11.4 Å². The first kappa shape index (κ1) is 17.4. The molecular formula is C17H18BrN3OS. The van der Waals surface area contributed by atoms with Gasteiger partial charge in [-0.1, -0.05) is 28.9 Å². The average Bonchev–Trinajstić information content (AvgIpc) is 2.48. The second-order valence-electron chi connectivity index (χ2n) is 5.13. The lowest BCUT2D eigenvalue weighted by atomic mass is 10.0. The molecule has 0 saturated carbocycles. The largest absolute Gasteiger partial charge is 0.376 e. The van der Waals surface area contributed by atoms with Crippen LogP contribution in [-0.2, 0) is 6.42 Å². The van der Waals surface area contributed by atoms with Crippen LogP contribution in [0.5, 0.6) is 0 Å². The number of aryl methyl sites for hydroxylation is 2. The average molecular weight is 392 g/mol. The van der Waals surface area contributed by atoms with E-state index in [-0.39, 0.29) is 11.0 Å². The summed E-state index contributed by atoms with van der Waals surface area (Å²) in [7, 11) is 0. The minimum Gasteiger partial charge on any atom is -0.376 e. The van der Waals surface area contributed by atoms with Crippen LogP contribution in [0.1, 0.15) is 28.4 Å². The highest BCUT2D eigenvalue weighted by Crippen LogP contribution is 2.27. The van der Waals surface area contributed by atoms with Crippen LogP contribution in [-0.4, -0.2) is 11.0 Å². The lowest BCUT2D eigenvalue weighted by Gasteiger charge is -2.16. The molecule has 2 aromatic carbocycles. The summed E-state index contributed by atoms with van der Waals surface area (Å²) in [5, 5.41) is 6.15. The van der Waals surface area contributed by atoms with Crippen molar-refractivity contribution in [1.29, 1.82) is 0 Å². The van der Waals surface area contributed by atoms with Crippen molar-refractivity contribution in [2.24, 2.45) is 5.73 Å². The van der Waals surface area contributed by atoms with Gasteiger partial charge in [-0.15, -0.1) is 0 Å². The first-order chi connectivity index (χ1) is 10.9. The predicted molar refractivity (Wildman–Crippen MR) is 103 cm³/mol. The monoisotopic (exact) mass is 391 g/mol. The van der Waals surface area contributed by atoms with Gasteiger partial charge in [0, 0.05) is 21.4 Å². The summed E-state index contributed by atoms with van der Waals surface area (Å²) in [5.74, 6) is -0.140. The molecule has 0 aromatic heterocycles. The summed E-state index contributed by atoms with van der Waals surface area (Å²) in [6, 6.07) is 11.2. The third-order valence-electron chi connectivity index (χ3n) is 3.39. The molecule has 0 aliphatic rings. The summed E-state index contributed by atoms with van der Waals surface area (Å²) < 4.78 is 0.869. The number of carbonyl (C=O) groups is 1. The minimum absolute atomic E-state index is 0.140. The van der Waals surface area contributed by atoms with Crippen LogP contribution in [0.2, 0.25) is 0 Å². The first-order valence-electron chi connectivity index (χ1n) is 7.17. The predicted octanol–water partition coefficient (Wildman–Crippen LogP) is 4.23. The van der Waals surface area contributed by atoms with Gasteiger partial charge in [0.1, 0.15) is 0 Å². The van der Waals surface area contributed by atoms with E-state index in [9.17, 15) is 4.79 Å². The lowest BCUT2D eigenvalue weighted by molar-refractivity contribution is 0.102. The number of thiocarbonyl (C=S) groups is 1. The Kier molecular flexibility index (Phi) is 5.74. The number of nitrogens with two attached hydrogens (primary N) is 1. The molecule has 0 saturated heterocycles. The van der Waals surface area contributed by atoms with Gasteiger partial charge in [0.2, 0.25) is 0 Å². The molecule has 4 nitrogen and oxygen atoms in total. The van der Waals surface area contributed by atoms with Gasteiger partial charge in [-0.3, -0.25) is 4.79 Å². The Labute approximate surface area is 149 Å². The van der Waals surface area contributed by atoms with Crippen LogP contribution in [0.25, 0.3) is 0 Å². The molecule has 0 atom stereocenters. The number of carbonyl (C=O) groups excluding carboxylic acids is 1. The molecule has 4 N–H and O–H groups in total. The van der Waals surface area contributed by atoms with E-state index in [4.69, 9.17) is 18.0 Å². The van der Waals surface area contributed by atoms with Crippen molar-refractivity contribution in [2.75, 3.05) is 10.6 Å². The Balaban J connectivity index is 2.32. The first-order valence-corrected chi connectivity index (χ1v) is 8.37. The van der Waals surface area contributed by atoms with Crippen molar-refractivity contribution in [1.82, 2.24) is 0 Å². The van der Waals surface area contributed by atoms with Gasteiger partial charge < -0.3 is 16.4 Å². The summed E-state index contributed by atoms with van der Waals surface area (Å²) in [6.45, 7) is 3.98. The van der Waals surface area contributed by atoms with Crippen LogP contribution in [0.15, 0.2) is 40.9 Å². The fraction of sp³-hybridized carbons (Fsp3) is 0.176. The van der Waals surface area contributed by atoms with Gasteiger partial charge in [-0.05, 0) is 67.0 Å². The molecule has 0 heterocycles. The van der Waals surface area contributed by atoms with Crippen LogP contribution in [0, 0.1) is 6.92 Å². The van der Waals surface area contributed by atoms with Crippen LogP contribution in [0.3, 0.4) is 0 Å². The molecule has 0 spiro atoms. The molecule has 23 heavy (non-hydrogen) atoms. The third kappa shape index (κ3) is 4.53. The number of halogens is 1. The number of hydrogen-bond acceptors (Lipinski definition) is 2. The Bertz CT molecular complexity index is 761. The standard InChI is InChI=1S/C17H18BrN3OS/c1-3-11-9-14(20-17(19)23)7-10(2)15(11)21-16(22)12-5-4-6-13(18)8-12/h4-9H,3H2,1-2H3,(H,21,22)(H3,19,20,23). The van der Waals surface area contributed by atoms with E-state index in [0.29, 0.717) is 5.56 Å². The Morgan fingerprint density at radius 2 is 2.00 bits per heavy atom. The molecule has 0 aliphatic carbocycles. The van der Waals surface area contributed by atoms with Crippen molar-refractivity contribution in [3.05, 3.63) is 57.6 Å². The molecule has 0 unspecified atom stereocenters. The second-order valence-corrected chi connectivity index (χ2v) is 6.49. The SMILES string of the molecule is CCc1cc(NC(N)=S)cc(C)c1NC(=O)c1cccc(Br)c1. The molecule has 0 radical (unpaired) electrons. The molecule has 6 heteroatoms. The Morgan fingerprint density at radius 3 is 2.61 bits per heavy atom. The van der Waals surface area contributed by atoms with Gasteiger partial charge in [0.15, 0.2) is 5.11 Å².